The van der Waals surface area contributed by atoms with Crippen LogP contribution in [0.2, 0.25) is 0 Å². The van der Waals surface area contributed by atoms with Gasteiger partial charge in [-0.05, 0) is 23.4 Å². The summed E-state index contributed by atoms with van der Waals surface area (Å²) < 4.78 is 0. The summed E-state index contributed by atoms with van der Waals surface area (Å²) in [6.07, 6.45) is 2.12. The highest BCUT2D eigenvalue weighted by molar-refractivity contribution is 7.16. The number of thiophene rings is 1. The quantitative estimate of drug-likeness (QED) is 0.406. The highest BCUT2D eigenvalue weighted by atomic mass is 32.1. The number of carbonyl (C=O) groups is 1. The van der Waals surface area contributed by atoms with Gasteiger partial charge in [-0.3, -0.25) is 9.79 Å². The molecule has 6 nitrogen and oxygen atoms in total. The number of carbonyl (C=O) groups excluding carboxylic acids is 1. The zero-order chi connectivity index (χ0) is 16.7. The number of nitrogens with one attached hydrogen (secondary N) is 2. The second-order valence-corrected chi connectivity index (χ2v) is 6.78. The molecule has 0 saturated heterocycles. The molecule has 2 heterocycles. The number of rotatable bonds is 7. The lowest BCUT2D eigenvalue weighted by Gasteiger charge is -2.00. The van der Waals surface area contributed by atoms with Gasteiger partial charge in [0.25, 0.3) is 0 Å². The highest BCUT2D eigenvalue weighted by Crippen LogP contribution is 2.30. The maximum absolute atomic E-state index is 10.9. The molecular formula is C15H21N5OS2. The minimum atomic E-state index is -0.0317. The third kappa shape index (κ3) is 5.65. The summed E-state index contributed by atoms with van der Waals surface area (Å²) in [4.78, 5) is 20.8. The van der Waals surface area contributed by atoms with Crippen LogP contribution in [0.25, 0.3) is 10.6 Å². The first-order valence-electron chi connectivity index (χ1n) is 7.43. The molecule has 2 aromatic rings. The molecule has 0 spiro atoms. The maximum atomic E-state index is 10.9. The molecule has 0 fully saturated rings. The van der Waals surface area contributed by atoms with Crippen LogP contribution in [0.3, 0.4) is 0 Å². The van der Waals surface area contributed by atoms with Gasteiger partial charge < -0.3 is 16.4 Å². The average molecular weight is 352 g/mol. The van der Waals surface area contributed by atoms with E-state index in [9.17, 15) is 4.79 Å². The monoisotopic (exact) mass is 351 g/mol. The summed E-state index contributed by atoms with van der Waals surface area (Å²) in [7, 11) is 0. The van der Waals surface area contributed by atoms with Crippen LogP contribution >= 0.6 is 22.7 Å². The van der Waals surface area contributed by atoms with Crippen molar-refractivity contribution in [1.29, 1.82) is 0 Å². The van der Waals surface area contributed by atoms with E-state index in [4.69, 9.17) is 5.73 Å². The topological polar surface area (TPSA) is 92.4 Å². The average Bonchev–Trinajstić information content (AvgIpc) is 3.14. The zero-order valence-electron chi connectivity index (χ0n) is 13.3. The lowest BCUT2D eigenvalue weighted by molar-refractivity contribution is -0.119. The van der Waals surface area contributed by atoms with E-state index in [-0.39, 0.29) is 5.91 Å². The van der Waals surface area contributed by atoms with Crippen molar-refractivity contribution >= 4 is 39.7 Å². The van der Waals surface area contributed by atoms with Gasteiger partial charge in [-0.1, -0.05) is 13.3 Å². The summed E-state index contributed by atoms with van der Waals surface area (Å²) in [5.74, 6) is 0.368. The van der Waals surface area contributed by atoms with E-state index >= 15 is 0 Å². The molecule has 0 aliphatic heterocycles. The van der Waals surface area contributed by atoms with E-state index in [0.29, 0.717) is 12.5 Å². The van der Waals surface area contributed by atoms with E-state index in [1.807, 2.05) is 16.8 Å². The van der Waals surface area contributed by atoms with Gasteiger partial charge in [0.2, 0.25) is 5.91 Å². The number of nitrogens with zero attached hydrogens (tertiary/aromatic N) is 2. The minimum absolute atomic E-state index is 0.0317. The Hall–Kier alpha value is -1.93. The SMILES string of the molecule is CCCCN=C(N)Nc1nc(-c2cc(CNC(C)=O)cs2)cs1. The Labute approximate surface area is 143 Å². The lowest BCUT2D eigenvalue weighted by atomic mass is 10.3. The molecule has 2 rings (SSSR count). The molecule has 0 aliphatic carbocycles. The van der Waals surface area contributed by atoms with Gasteiger partial charge in [-0.2, -0.15) is 0 Å². The van der Waals surface area contributed by atoms with Gasteiger partial charge in [-0.15, -0.1) is 22.7 Å². The van der Waals surface area contributed by atoms with Crippen molar-refractivity contribution in [3.05, 3.63) is 22.4 Å². The summed E-state index contributed by atoms with van der Waals surface area (Å²) in [6.45, 7) is 4.90. The van der Waals surface area contributed by atoms with Crippen LogP contribution < -0.4 is 16.4 Å². The molecule has 1 amide bonds. The molecule has 2 aromatic heterocycles. The molecule has 0 radical (unpaired) electrons. The van der Waals surface area contributed by atoms with Crippen molar-refractivity contribution in [3.8, 4) is 10.6 Å². The van der Waals surface area contributed by atoms with E-state index < -0.39 is 0 Å². The smallest absolute Gasteiger partial charge is 0.217 e. The Balaban J connectivity index is 1.96. The number of anilines is 1. The minimum Gasteiger partial charge on any atom is -0.370 e. The standard InChI is InChI=1S/C15H21N5OS2/c1-3-4-5-17-14(16)20-15-19-12(9-23-15)13-6-11(8-22-13)7-18-10(2)21/h6,8-9H,3-5,7H2,1-2H3,(H,18,21)(H3,16,17,19,20). The number of amides is 1. The first-order valence-corrected chi connectivity index (χ1v) is 9.19. The Bertz CT molecular complexity index is 677. The van der Waals surface area contributed by atoms with E-state index in [0.717, 1.165) is 40.7 Å². The lowest BCUT2D eigenvalue weighted by Crippen LogP contribution is -2.22. The van der Waals surface area contributed by atoms with Gasteiger partial charge in [0, 0.05) is 25.4 Å². The van der Waals surface area contributed by atoms with Gasteiger partial charge in [0.1, 0.15) is 0 Å². The molecular weight excluding hydrogens is 330 g/mol. The number of guanidine groups is 1. The molecule has 0 bridgehead atoms. The second-order valence-electron chi connectivity index (χ2n) is 5.01. The largest absolute Gasteiger partial charge is 0.370 e. The molecule has 0 aliphatic rings. The van der Waals surface area contributed by atoms with Crippen LogP contribution in [-0.2, 0) is 11.3 Å². The fourth-order valence-corrected chi connectivity index (χ4v) is 3.45. The molecule has 0 saturated carbocycles. The van der Waals surface area contributed by atoms with Crippen LogP contribution in [-0.4, -0.2) is 23.4 Å². The normalized spacial score (nSPS) is 11.5. The summed E-state index contributed by atoms with van der Waals surface area (Å²) >= 11 is 3.10. The molecule has 0 aromatic carbocycles. The van der Waals surface area contributed by atoms with Crippen LogP contribution in [0.1, 0.15) is 32.3 Å². The Morgan fingerprint density at radius 1 is 1.39 bits per heavy atom. The van der Waals surface area contributed by atoms with Crippen LogP contribution in [0, 0.1) is 0 Å². The van der Waals surface area contributed by atoms with Crippen molar-refractivity contribution in [3.63, 3.8) is 0 Å². The second kappa shape index (κ2) is 8.64. The molecule has 23 heavy (non-hydrogen) atoms. The Kier molecular flexibility index (Phi) is 6.54. The van der Waals surface area contributed by atoms with Crippen molar-refractivity contribution in [2.45, 2.75) is 33.2 Å². The third-order valence-corrected chi connectivity index (χ3v) is 4.74. The van der Waals surface area contributed by atoms with Crippen molar-refractivity contribution in [2.75, 3.05) is 11.9 Å². The Morgan fingerprint density at radius 3 is 2.96 bits per heavy atom. The van der Waals surface area contributed by atoms with Gasteiger partial charge in [0.15, 0.2) is 11.1 Å². The zero-order valence-corrected chi connectivity index (χ0v) is 14.9. The number of aromatic nitrogens is 1. The number of nitrogens with two attached hydrogens (primary N) is 1. The summed E-state index contributed by atoms with van der Waals surface area (Å²) in [5.41, 5.74) is 7.81. The fraction of sp³-hybridized carbons (Fsp3) is 0.400. The molecule has 4 N–H and O–H groups in total. The van der Waals surface area contributed by atoms with Crippen LogP contribution in [0.15, 0.2) is 21.8 Å². The Morgan fingerprint density at radius 2 is 2.22 bits per heavy atom. The summed E-state index contributed by atoms with van der Waals surface area (Å²) in [6, 6.07) is 2.04. The van der Waals surface area contributed by atoms with E-state index in [1.165, 1.54) is 18.3 Å². The molecule has 0 atom stereocenters. The van der Waals surface area contributed by atoms with Crippen LogP contribution in [0.5, 0.6) is 0 Å². The van der Waals surface area contributed by atoms with Crippen LogP contribution in [0.4, 0.5) is 5.13 Å². The van der Waals surface area contributed by atoms with Crippen molar-refractivity contribution in [1.82, 2.24) is 10.3 Å². The maximum Gasteiger partial charge on any atom is 0.217 e. The fourth-order valence-electron chi connectivity index (χ4n) is 1.78. The van der Waals surface area contributed by atoms with E-state index in [2.05, 4.69) is 27.5 Å². The highest BCUT2D eigenvalue weighted by Gasteiger charge is 2.08. The van der Waals surface area contributed by atoms with E-state index in [1.54, 1.807) is 11.3 Å². The number of thiazole rings is 1. The number of unbranched alkanes of at least 4 members (excludes halogenated alkanes) is 1. The number of hydrogen-bond acceptors (Lipinski definition) is 5. The van der Waals surface area contributed by atoms with Gasteiger partial charge in [-0.25, -0.2) is 4.98 Å². The first-order chi connectivity index (χ1) is 11.1. The summed E-state index contributed by atoms with van der Waals surface area (Å²) in [5, 5.41) is 10.5. The number of aliphatic imine (C=N–C) groups is 1. The third-order valence-electron chi connectivity index (χ3n) is 2.98. The van der Waals surface area contributed by atoms with Gasteiger partial charge in [0.05, 0.1) is 10.6 Å². The van der Waals surface area contributed by atoms with Gasteiger partial charge >= 0.3 is 0 Å². The number of hydrogen-bond donors (Lipinski definition) is 3. The molecule has 124 valence electrons. The van der Waals surface area contributed by atoms with Crippen molar-refractivity contribution < 1.29 is 4.79 Å². The molecule has 8 heteroatoms. The predicted molar refractivity (Wildman–Crippen MR) is 98.0 cm³/mol. The molecule has 0 unspecified atom stereocenters. The van der Waals surface area contributed by atoms with Crippen molar-refractivity contribution in [2.24, 2.45) is 10.7 Å². The predicted octanol–water partition coefficient (Wildman–Crippen LogP) is 3.03. The first kappa shape index (κ1) is 17.4.